The van der Waals surface area contributed by atoms with Crippen molar-refractivity contribution in [2.45, 2.75) is 103 Å². The van der Waals surface area contributed by atoms with Crippen molar-refractivity contribution < 1.29 is 18.3 Å². The summed E-state index contributed by atoms with van der Waals surface area (Å²) in [4.78, 5) is 30.2. The standard InChI is InChI=1S/C12H12N2.C10H14N2O2.C8H12N2.C7H9ClN2.C7H9FN2.2C7H10N2.C6H7FN2/c13-12(10-4-2-1-3-5-10)11-6-8-14-9-7-11;11-9(7-10-13-5-6-14-10)8-1-3-12-4-2-8;1-8(2,9)7-3-5-10-6-4-7;1-5(9)6-2-3-10-4-7(6)8;1-5(9)6-2-3-10-7(8)4-6;2*1-6(8)7-2-4-9-5-3-7;7-6-3-5(4-8)1-2-9-6/h1-9,12H,13H2;1-4,9-10H,5-7,11H2;3-6H,9H2,1-2H3;2*2-5H,9H2,1H3;2*2-6H,8H2,1H3;1-3H,4,8H2/t;;;;;2*6-;/m.....10./s1. The quantitative estimate of drug-likeness (QED) is 0.0558. The van der Waals surface area contributed by atoms with Gasteiger partial charge in [-0.3, -0.25) is 29.9 Å². The minimum Gasteiger partial charge on any atom is -0.350 e. The van der Waals surface area contributed by atoms with Crippen molar-refractivity contribution in [3.8, 4) is 0 Å². The van der Waals surface area contributed by atoms with Crippen molar-refractivity contribution in [1.29, 1.82) is 0 Å². The molecule has 1 fully saturated rings. The van der Waals surface area contributed by atoms with Crippen molar-refractivity contribution in [2.24, 2.45) is 45.9 Å². The summed E-state index contributed by atoms with van der Waals surface area (Å²) < 4.78 is 35.2. The van der Waals surface area contributed by atoms with Crippen LogP contribution in [0.25, 0.3) is 0 Å². The van der Waals surface area contributed by atoms with Crippen LogP contribution in [0.1, 0.15) is 134 Å². The minimum absolute atomic E-state index is 0.0181. The van der Waals surface area contributed by atoms with Gasteiger partial charge in [-0.2, -0.15) is 8.78 Å². The van der Waals surface area contributed by atoms with Crippen molar-refractivity contribution in [2.75, 3.05) is 13.2 Å². The SMILES string of the molecule is CC(C)(N)c1ccncc1.CC(N)c1ccnc(F)c1.CC(N)c1ccncc1Cl.C[C@@H](N)c1ccncc1.C[C@H](N)c1ccncc1.NC(CC1OCCO1)c1ccncc1.NC(c1ccccc1)c1ccncc1.NCc1ccnc(F)c1. The molecule has 21 heteroatoms. The topological polar surface area (TPSA) is 330 Å². The number of benzene rings is 1. The molecule has 0 bridgehead atoms. The Hall–Kier alpha value is -7.83. The molecule has 0 saturated carbocycles. The number of aromatic nitrogens is 8. The number of hydrogen-bond donors (Lipinski definition) is 8. The van der Waals surface area contributed by atoms with Gasteiger partial charge in [-0.15, -0.1) is 0 Å². The van der Waals surface area contributed by atoms with Gasteiger partial charge in [-0.1, -0.05) is 41.9 Å². The molecule has 18 nitrogen and oxygen atoms in total. The zero-order valence-corrected chi connectivity index (χ0v) is 49.9. The molecule has 1 aliphatic heterocycles. The predicted molar refractivity (Wildman–Crippen MR) is 334 cm³/mol. The molecule has 1 aliphatic rings. The zero-order chi connectivity index (χ0) is 62.4. The number of nitrogens with two attached hydrogens (primary N) is 8. The van der Waals surface area contributed by atoms with E-state index < -0.39 is 11.9 Å². The van der Waals surface area contributed by atoms with Gasteiger partial charge >= 0.3 is 0 Å². The predicted octanol–water partition coefficient (Wildman–Crippen LogP) is 10.1. The van der Waals surface area contributed by atoms with Gasteiger partial charge in [0.25, 0.3) is 0 Å². The van der Waals surface area contributed by atoms with Gasteiger partial charge < -0.3 is 55.3 Å². The van der Waals surface area contributed by atoms with Crippen LogP contribution in [-0.2, 0) is 21.6 Å². The van der Waals surface area contributed by atoms with Gasteiger partial charge in [0, 0.05) is 135 Å². The van der Waals surface area contributed by atoms with Crippen LogP contribution in [-0.4, -0.2) is 59.4 Å². The van der Waals surface area contributed by atoms with E-state index in [1.165, 1.54) is 24.5 Å². The van der Waals surface area contributed by atoms with Crippen molar-refractivity contribution in [3.63, 3.8) is 0 Å². The van der Waals surface area contributed by atoms with Crippen LogP contribution in [0.15, 0.2) is 208 Å². The summed E-state index contributed by atoms with van der Waals surface area (Å²) in [6.07, 6.45) is 24.2. The second-order valence-corrected chi connectivity index (χ2v) is 20.0. The summed E-state index contributed by atoms with van der Waals surface area (Å²) in [6, 6.07) is 37.2. The van der Waals surface area contributed by atoms with E-state index in [1.807, 2.05) is 132 Å². The Balaban J connectivity index is 0.000000256. The monoisotopic (exact) mass is 1180 g/mol. The number of rotatable bonds is 11. The van der Waals surface area contributed by atoms with Crippen LogP contribution < -0.4 is 45.9 Å². The molecule has 9 heterocycles. The van der Waals surface area contributed by atoms with Crippen LogP contribution >= 0.6 is 11.6 Å². The highest BCUT2D eigenvalue weighted by atomic mass is 35.5. The molecular formula is C64H83ClF2N16O2. The molecule has 452 valence electrons. The third kappa shape index (κ3) is 30.0. The molecule has 85 heavy (non-hydrogen) atoms. The first-order valence-electron chi connectivity index (χ1n) is 27.3. The highest BCUT2D eigenvalue weighted by Gasteiger charge is 2.20. The van der Waals surface area contributed by atoms with Gasteiger partial charge in [0.2, 0.25) is 11.9 Å². The fraction of sp³-hybridized carbons (Fsp3) is 0.281. The maximum absolute atomic E-state index is 12.4. The first kappa shape index (κ1) is 71.4. The molecular weight excluding hydrogens is 1100 g/mol. The Kier molecular flexibility index (Phi) is 34.0. The van der Waals surface area contributed by atoms with E-state index in [0.29, 0.717) is 31.2 Å². The average molecular weight is 1180 g/mol. The second-order valence-electron chi connectivity index (χ2n) is 19.6. The maximum Gasteiger partial charge on any atom is 0.213 e. The molecule has 8 aromatic heterocycles. The molecule has 0 spiro atoms. The number of hydrogen-bond acceptors (Lipinski definition) is 18. The van der Waals surface area contributed by atoms with Gasteiger partial charge in [-0.25, -0.2) is 9.97 Å². The van der Waals surface area contributed by atoms with Crippen LogP contribution in [0.2, 0.25) is 5.02 Å². The normalized spacial score (nSPS) is 13.5. The molecule has 16 N–H and O–H groups in total. The number of nitrogens with zero attached hydrogens (tertiary/aromatic N) is 8. The lowest BCUT2D eigenvalue weighted by Gasteiger charge is -2.17. The summed E-state index contributed by atoms with van der Waals surface area (Å²) in [5, 5.41) is 0.637. The Bertz CT molecular complexity index is 3020. The summed E-state index contributed by atoms with van der Waals surface area (Å²) in [6.45, 7) is 13.3. The smallest absolute Gasteiger partial charge is 0.213 e. The fourth-order valence-electron chi connectivity index (χ4n) is 7.06. The third-order valence-corrected chi connectivity index (χ3v) is 12.3. The molecule has 0 aliphatic carbocycles. The lowest BCUT2D eigenvalue weighted by Crippen LogP contribution is -2.28. The highest BCUT2D eigenvalue weighted by Crippen LogP contribution is 2.21. The number of halogens is 3. The Morgan fingerprint density at radius 2 is 0.894 bits per heavy atom. The minimum atomic E-state index is -0.477. The van der Waals surface area contributed by atoms with Crippen LogP contribution in [0.4, 0.5) is 8.78 Å². The second kappa shape index (κ2) is 40.4. The van der Waals surface area contributed by atoms with Crippen molar-refractivity contribution in [1.82, 2.24) is 39.9 Å². The van der Waals surface area contributed by atoms with E-state index in [1.54, 1.807) is 93.4 Å². The molecule has 1 saturated heterocycles. The summed E-state index contributed by atoms with van der Waals surface area (Å²) >= 11 is 5.78. The van der Waals surface area contributed by atoms with Gasteiger partial charge in [-0.05, 0) is 183 Å². The first-order valence-corrected chi connectivity index (χ1v) is 27.7. The lowest BCUT2D eigenvalue weighted by molar-refractivity contribution is -0.0507. The van der Waals surface area contributed by atoms with E-state index in [4.69, 9.17) is 66.9 Å². The number of ether oxygens (including phenoxy) is 2. The lowest BCUT2D eigenvalue weighted by atomic mass is 9.97. The van der Waals surface area contributed by atoms with E-state index in [9.17, 15) is 8.78 Å². The molecule has 10 rings (SSSR count). The molecule has 9 aromatic rings. The van der Waals surface area contributed by atoms with E-state index in [-0.39, 0.29) is 48.1 Å². The third-order valence-electron chi connectivity index (χ3n) is 12.0. The molecule has 1 aromatic carbocycles. The van der Waals surface area contributed by atoms with Gasteiger partial charge in [0.1, 0.15) is 0 Å². The van der Waals surface area contributed by atoms with E-state index >= 15 is 0 Å². The Morgan fingerprint density at radius 3 is 1.25 bits per heavy atom. The van der Waals surface area contributed by atoms with Gasteiger partial charge in [0.15, 0.2) is 6.29 Å². The molecule has 0 radical (unpaired) electrons. The summed E-state index contributed by atoms with van der Waals surface area (Å²) in [7, 11) is 0. The Labute approximate surface area is 504 Å². The average Bonchev–Trinajstić information content (AvgIpc) is 4.05. The van der Waals surface area contributed by atoms with Crippen LogP contribution in [0.3, 0.4) is 0 Å². The highest BCUT2D eigenvalue weighted by molar-refractivity contribution is 6.31. The van der Waals surface area contributed by atoms with Crippen molar-refractivity contribution in [3.05, 3.63) is 275 Å². The zero-order valence-electron chi connectivity index (χ0n) is 49.1. The maximum atomic E-state index is 12.4. The van der Waals surface area contributed by atoms with Crippen LogP contribution in [0, 0.1) is 11.9 Å². The summed E-state index contributed by atoms with van der Waals surface area (Å²) in [5.74, 6) is -0.951. The number of pyridine rings is 8. The molecule has 0 amide bonds. The summed E-state index contributed by atoms with van der Waals surface area (Å²) in [5.41, 5.74) is 54.3. The van der Waals surface area contributed by atoms with E-state index in [2.05, 4.69) is 39.9 Å². The van der Waals surface area contributed by atoms with E-state index in [0.717, 1.165) is 50.1 Å². The largest absolute Gasteiger partial charge is 0.350 e. The fourth-order valence-corrected chi connectivity index (χ4v) is 7.35. The molecule has 4 unspecified atom stereocenters. The van der Waals surface area contributed by atoms with Crippen LogP contribution in [0.5, 0.6) is 0 Å². The molecule has 6 atom stereocenters. The van der Waals surface area contributed by atoms with Crippen molar-refractivity contribution >= 4 is 11.6 Å². The first-order chi connectivity index (χ1) is 40.7. The Morgan fingerprint density at radius 1 is 0.494 bits per heavy atom. The van der Waals surface area contributed by atoms with Gasteiger partial charge in [0.05, 0.1) is 24.3 Å².